The van der Waals surface area contributed by atoms with Crippen molar-refractivity contribution in [1.82, 2.24) is 9.21 Å². The highest BCUT2D eigenvalue weighted by Gasteiger charge is 2.27. The van der Waals surface area contributed by atoms with Gasteiger partial charge in [0.05, 0.1) is 28.7 Å². The van der Waals surface area contributed by atoms with Crippen LogP contribution in [0.2, 0.25) is 5.02 Å². The Labute approximate surface area is 200 Å². The first-order valence-electron chi connectivity index (χ1n) is 11.3. The van der Waals surface area contributed by atoms with E-state index >= 15 is 0 Å². The van der Waals surface area contributed by atoms with Crippen LogP contribution in [-0.2, 0) is 21.3 Å². The topological polar surface area (TPSA) is 79.0 Å². The first-order chi connectivity index (χ1) is 15.8. The molecule has 0 atom stereocenters. The molecule has 0 saturated carbocycles. The van der Waals surface area contributed by atoms with E-state index in [0.717, 1.165) is 25.6 Å². The molecule has 0 aliphatic carbocycles. The molecule has 1 amide bonds. The number of anilines is 1. The van der Waals surface area contributed by atoms with Gasteiger partial charge >= 0.3 is 0 Å². The minimum atomic E-state index is -3.72. The molecule has 4 rings (SSSR count). The average molecular weight is 492 g/mol. The molecule has 0 aromatic heterocycles. The molecule has 0 unspecified atom stereocenters. The van der Waals surface area contributed by atoms with Gasteiger partial charge in [-0.15, -0.1) is 0 Å². The quantitative estimate of drug-likeness (QED) is 0.664. The van der Waals surface area contributed by atoms with Gasteiger partial charge in [0, 0.05) is 25.3 Å². The van der Waals surface area contributed by atoms with E-state index in [0.29, 0.717) is 18.9 Å². The number of piperidine rings is 1. The second kappa shape index (κ2) is 10.5. The monoisotopic (exact) mass is 491 g/mol. The summed E-state index contributed by atoms with van der Waals surface area (Å²) in [6.07, 6.45) is 2.46. The SMILES string of the molecule is CC1CCN(Cc2ccc(NC(=O)c3cc(S(=O)(=O)N4CCOCC4)ccc3Cl)cc2)CC1. The second-order valence-corrected chi connectivity index (χ2v) is 11.1. The lowest BCUT2D eigenvalue weighted by molar-refractivity contribution is 0.0730. The molecule has 33 heavy (non-hydrogen) atoms. The van der Waals surface area contributed by atoms with Gasteiger partial charge in [-0.2, -0.15) is 4.31 Å². The van der Waals surface area contributed by atoms with Gasteiger partial charge in [-0.3, -0.25) is 9.69 Å². The van der Waals surface area contributed by atoms with Gasteiger partial charge in [0.25, 0.3) is 5.91 Å². The van der Waals surface area contributed by atoms with Crippen molar-refractivity contribution in [3.63, 3.8) is 0 Å². The number of nitrogens with one attached hydrogen (secondary N) is 1. The van der Waals surface area contributed by atoms with E-state index in [2.05, 4.69) is 17.1 Å². The van der Waals surface area contributed by atoms with Crippen molar-refractivity contribution in [2.75, 3.05) is 44.7 Å². The second-order valence-electron chi connectivity index (χ2n) is 8.77. The number of carbonyl (C=O) groups is 1. The van der Waals surface area contributed by atoms with Gasteiger partial charge in [-0.1, -0.05) is 30.7 Å². The average Bonchev–Trinajstić information content (AvgIpc) is 2.82. The molecule has 1 N–H and O–H groups in total. The maximum atomic E-state index is 12.9. The van der Waals surface area contributed by atoms with Crippen molar-refractivity contribution in [1.29, 1.82) is 0 Å². The number of nitrogens with zero attached hydrogens (tertiary/aromatic N) is 2. The number of carbonyl (C=O) groups excluding carboxylic acids is 1. The summed E-state index contributed by atoms with van der Waals surface area (Å²) in [5, 5.41) is 3.03. The van der Waals surface area contributed by atoms with Crippen molar-refractivity contribution >= 4 is 33.2 Å². The number of likely N-dealkylation sites (tertiary alicyclic amines) is 1. The predicted molar refractivity (Wildman–Crippen MR) is 129 cm³/mol. The number of sulfonamides is 1. The summed E-state index contributed by atoms with van der Waals surface area (Å²) in [5.74, 6) is 0.352. The first-order valence-corrected chi connectivity index (χ1v) is 13.1. The Morgan fingerprint density at radius 2 is 1.73 bits per heavy atom. The lowest BCUT2D eigenvalue weighted by Crippen LogP contribution is -2.40. The molecule has 0 radical (unpaired) electrons. The van der Waals surface area contributed by atoms with Crippen LogP contribution in [0.4, 0.5) is 5.69 Å². The minimum Gasteiger partial charge on any atom is -0.379 e. The number of halogens is 1. The van der Waals surface area contributed by atoms with Crippen LogP contribution in [0.15, 0.2) is 47.4 Å². The van der Waals surface area contributed by atoms with E-state index < -0.39 is 15.9 Å². The highest BCUT2D eigenvalue weighted by atomic mass is 35.5. The molecular formula is C24H30ClN3O4S. The predicted octanol–water partition coefficient (Wildman–Crippen LogP) is 3.85. The molecule has 0 spiro atoms. The molecule has 7 nitrogen and oxygen atoms in total. The fourth-order valence-electron chi connectivity index (χ4n) is 4.15. The number of benzene rings is 2. The molecule has 9 heteroatoms. The lowest BCUT2D eigenvalue weighted by atomic mass is 9.99. The third-order valence-electron chi connectivity index (χ3n) is 6.28. The van der Waals surface area contributed by atoms with E-state index in [1.54, 1.807) is 0 Å². The zero-order valence-electron chi connectivity index (χ0n) is 18.8. The zero-order valence-corrected chi connectivity index (χ0v) is 20.4. The van der Waals surface area contributed by atoms with Crippen LogP contribution in [-0.4, -0.2) is 62.9 Å². The molecule has 2 heterocycles. The Morgan fingerprint density at radius 1 is 1.06 bits per heavy atom. The van der Waals surface area contributed by atoms with E-state index in [1.807, 2.05) is 24.3 Å². The number of morpholine rings is 1. The fourth-order valence-corrected chi connectivity index (χ4v) is 5.78. The molecule has 2 fully saturated rings. The summed E-state index contributed by atoms with van der Waals surface area (Å²) < 4.78 is 32.5. The van der Waals surface area contributed by atoms with E-state index in [9.17, 15) is 13.2 Å². The van der Waals surface area contributed by atoms with Gasteiger partial charge in [0.2, 0.25) is 10.0 Å². The summed E-state index contributed by atoms with van der Waals surface area (Å²) >= 11 is 6.24. The van der Waals surface area contributed by atoms with Gasteiger partial charge < -0.3 is 10.1 Å². The first kappa shape index (κ1) is 24.2. The summed E-state index contributed by atoms with van der Waals surface area (Å²) in [6, 6.07) is 12.0. The number of rotatable bonds is 6. The third kappa shape index (κ3) is 5.94. The number of amides is 1. The van der Waals surface area contributed by atoms with Crippen LogP contribution in [0.5, 0.6) is 0 Å². The zero-order chi connectivity index (χ0) is 23.4. The molecule has 2 saturated heterocycles. The molecule has 2 aromatic rings. The van der Waals surface area contributed by atoms with Crippen LogP contribution in [0, 0.1) is 5.92 Å². The Morgan fingerprint density at radius 3 is 2.39 bits per heavy atom. The number of hydrogen-bond donors (Lipinski definition) is 1. The standard InChI is InChI=1S/C24H30ClN3O4S/c1-18-8-10-27(11-9-18)17-19-2-4-20(5-3-19)26-24(29)22-16-21(6-7-23(22)25)33(30,31)28-12-14-32-15-13-28/h2-7,16,18H,8-15,17H2,1H3,(H,26,29). The number of ether oxygens (including phenoxy) is 1. The molecule has 0 bridgehead atoms. The van der Waals surface area contributed by atoms with Crippen LogP contribution < -0.4 is 5.32 Å². The normalized spacial score (nSPS) is 18.8. The Kier molecular flexibility index (Phi) is 7.71. The van der Waals surface area contributed by atoms with E-state index in [4.69, 9.17) is 16.3 Å². The lowest BCUT2D eigenvalue weighted by Gasteiger charge is -2.30. The van der Waals surface area contributed by atoms with E-state index in [-0.39, 0.29) is 28.6 Å². The van der Waals surface area contributed by atoms with Crippen molar-refractivity contribution in [3.05, 3.63) is 58.6 Å². The maximum absolute atomic E-state index is 12.9. The van der Waals surface area contributed by atoms with Crippen molar-refractivity contribution < 1.29 is 17.9 Å². The van der Waals surface area contributed by atoms with Gasteiger partial charge in [0.1, 0.15) is 0 Å². The summed E-state index contributed by atoms with van der Waals surface area (Å²) in [6.45, 7) is 6.71. The summed E-state index contributed by atoms with van der Waals surface area (Å²) in [7, 11) is -3.72. The third-order valence-corrected chi connectivity index (χ3v) is 8.51. The van der Waals surface area contributed by atoms with Crippen molar-refractivity contribution in [3.8, 4) is 0 Å². The van der Waals surface area contributed by atoms with Crippen LogP contribution in [0.3, 0.4) is 0 Å². The van der Waals surface area contributed by atoms with E-state index in [1.165, 1.54) is 40.9 Å². The summed E-state index contributed by atoms with van der Waals surface area (Å²) in [5.41, 5.74) is 1.95. The van der Waals surface area contributed by atoms with Crippen LogP contribution in [0.25, 0.3) is 0 Å². The maximum Gasteiger partial charge on any atom is 0.257 e. The summed E-state index contributed by atoms with van der Waals surface area (Å²) in [4.78, 5) is 15.4. The molecule has 178 valence electrons. The Bertz CT molecular complexity index is 1080. The van der Waals surface area contributed by atoms with Crippen LogP contribution in [0.1, 0.15) is 35.7 Å². The largest absolute Gasteiger partial charge is 0.379 e. The Hall–Kier alpha value is -1.97. The molecular weight excluding hydrogens is 462 g/mol. The number of hydrogen-bond acceptors (Lipinski definition) is 5. The van der Waals surface area contributed by atoms with Gasteiger partial charge in [0.15, 0.2) is 0 Å². The van der Waals surface area contributed by atoms with Gasteiger partial charge in [-0.05, 0) is 67.7 Å². The van der Waals surface area contributed by atoms with Crippen molar-refractivity contribution in [2.24, 2.45) is 5.92 Å². The molecule has 2 aliphatic heterocycles. The Balaban J connectivity index is 1.43. The van der Waals surface area contributed by atoms with Gasteiger partial charge in [-0.25, -0.2) is 8.42 Å². The highest BCUT2D eigenvalue weighted by Crippen LogP contribution is 2.25. The molecule has 2 aromatic carbocycles. The molecule has 2 aliphatic rings. The fraction of sp³-hybridized carbons (Fsp3) is 0.458. The highest BCUT2D eigenvalue weighted by molar-refractivity contribution is 7.89. The van der Waals surface area contributed by atoms with Crippen molar-refractivity contribution in [2.45, 2.75) is 31.2 Å². The van der Waals surface area contributed by atoms with Crippen LogP contribution >= 0.6 is 11.6 Å². The smallest absolute Gasteiger partial charge is 0.257 e. The minimum absolute atomic E-state index is 0.0464.